The molecule has 2 atom stereocenters. The SMILES string of the molecule is CCOC(=O)[C@@]1(F)C[C@H]1CO[Si](c1ccccc1)(c1ccccc1)C(C)(C)C. The molecule has 0 amide bonds. The molecule has 0 bridgehead atoms. The van der Waals surface area contributed by atoms with Gasteiger partial charge < -0.3 is 9.16 Å². The Hall–Kier alpha value is -1.98. The molecule has 28 heavy (non-hydrogen) atoms. The number of alkyl halides is 1. The molecule has 0 N–H and O–H groups in total. The number of ether oxygens (including phenoxy) is 1. The molecule has 0 spiro atoms. The molecule has 3 rings (SSSR count). The van der Waals surface area contributed by atoms with Gasteiger partial charge in [-0.2, -0.15) is 0 Å². The normalized spacial score (nSPS) is 22.0. The van der Waals surface area contributed by atoms with Gasteiger partial charge in [0.05, 0.1) is 6.61 Å². The van der Waals surface area contributed by atoms with Crippen molar-refractivity contribution in [3.63, 3.8) is 0 Å². The summed E-state index contributed by atoms with van der Waals surface area (Å²) in [6, 6.07) is 20.5. The van der Waals surface area contributed by atoms with Crippen LogP contribution in [0.15, 0.2) is 60.7 Å². The fourth-order valence-electron chi connectivity index (χ4n) is 3.98. The van der Waals surface area contributed by atoms with E-state index in [1.54, 1.807) is 6.92 Å². The summed E-state index contributed by atoms with van der Waals surface area (Å²) in [5, 5.41) is 2.12. The summed E-state index contributed by atoms with van der Waals surface area (Å²) in [6.07, 6.45) is 0.171. The van der Waals surface area contributed by atoms with Crippen molar-refractivity contribution in [3.8, 4) is 0 Å². The number of halogens is 1. The van der Waals surface area contributed by atoms with E-state index in [0.717, 1.165) is 10.4 Å². The van der Waals surface area contributed by atoms with Gasteiger partial charge in [0, 0.05) is 18.9 Å². The smallest absolute Gasteiger partial charge is 0.344 e. The molecule has 1 fully saturated rings. The predicted octanol–water partition coefficient (Wildman–Crippen LogP) is 3.85. The van der Waals surface area contributed by atoms with Crippen molar-refractivity contribution in [3.05, 3.63) is 60.7 Å². The molecule has 1 aliphatic carbocycles. The molecule has 1 saturated carbocycles. The molecule has 0 saturated heterocycles. The third-order valence-electron chi connectivity index (χ3n) is 5.56. The summed E-state index contributed by atoms with van der Waals surface area (Å²) in [6.45, 7) is 8.63. The van der Waals surface area contributed by atoms with Crippen molar-refractivity contribution in [2.45, 2.75) is 44.8 Å². The molecule has 0 unspecified atom stereocenters. The minimum atomic E-state index is -2.71. The fraction of sp³-hybridized carbons (Fsp3) is 0.435. The van der Waals surface area contributed by atoms with Gasteiger partial charge in [-0.25, -0.2) is 9.18 Å². The molecular weight excluding hydrogens is 371 g/mol. The Labute approximate surface area is 168 Å². The summed E-state index contributed by atoms with van der Waals surface area (Å²) >= 11 is 0. The minimum Gasteiger partial charge on any atom is -0.464 e. The number of esters is 1. The van der Waals surface area contributed by atoms with Crippen LogP contribution in [0.4, 0.5) is 4.39 Å². The van der Waals surface area contributed by atoms with E-state index in [-0.39, 0.29) is 24.7 Å². The predicted molar refractivity (Wildman–Crippen MR) is 112 cm³/mol. The maximum Gasteiger partial charge on any atom is 0.344 e. The zero-order valence-corrected chi connectivity index (χ0v) is 18.1. The second kappa shape index (κ2) is 7.80. The van der Waals surface area contributed by atoms with Crippen molar-refractivity contribution >= 4 is 24.7 Å². The van der Waals surface area contributed by atoms with E-state index in [2.05, 4.69) is 45.0 Å². The first-order valence-corrected chi connectivity index (χ1v) is 11.8. The number of hydrogen-bond acceptors (Lipinski definition) is 3. The monoisotopic (exact) mass is 400 g/mol. The second-order valence-electron chi connectivity index (χ2n) is 8.46. The lowest BCUT2D eigenvalue weighted by molar-refractivity contribution is -0.151. The first kappa shape index (κ1) is 20.7. The van der Waals surface area contributed by atoms with Gasteiger partial charge in [0.2, 0.25) is 5.67 Å². The average molecular weight is 401 g/mol. The first-order chi connectivity index (χ1) is 13.3. The number of carbonyl (C=O) groups excluding carboxylic acids is 1. The standard InChI is InChI=1S/C23H29FO3Si/c1-5-26-21(25)23(24)16-18(23)17-27-28(22(2,3)4,19-12-8-6-9-13-19)20-14-10-7-11-15-20/h6-15,18H,5,16-17H2,1-4H3/t18-,23+/m0/s1. The highest BCUT2D eigenvalue weighted by molar-refractivity contribution is 6.99. The van der Waals surface area contributed by atoms with E-state index in [4.69, 9.17) is 9.16 Å². The molecule has 0 heterocycles. The van der Waals surface area contributed by atoms with Crippen LogP contribution in [-0.2, 0) is 14.0 Å². The van der Waals surface area contributed by atoms with Gasteiger partial charge in [0.15, 0.2) is 0 Å². The summed E-state index contributed by atoms with van der Waals surface area (Å²) in [5.41, 5.74) is -1.90. The summed E-state index contributed by atoms with van der Waals surface area (Å²) in [5.74, 6) is -1.21. The van der Waals surface area contributed by atoms with Crippen LogP contribution in [0.2, 0.25) is 5.04 Å². The summed E-state index contributed by atoms with van der Waals surface area (Å²) < 4.78 is 26.5. The quantitative estimate of drug-likeness (QED) is 0.523. The van der Waals surface area contributed by atoms with Crippen molar-refractivity contribution < 1.29 is 18.3 Å². The maximum atomic E-state index is 14.9. The molecule has 5 heteroatoms. The average Bonchev–Trinajstić information content (AvgIpc) is 3.35. The van der Waals surface area contributed by atoms with Crippen molar-refractivity contribution in [2.75, 3.05) is 13.2 Å². The highest BCUT2D eigenvalue weighted by Crippen LogP contribution is 2.49. The first-order valence-electron chi connectivity index (χ1n) is 9.87. The van der Waals surface area contributed by atoms with Gasteiger partial charge >= 0.3 is 5.97 Å². The van der Waals surface area contributed by atoms with Crippen molar-refractivity contribution in [1.29, 1.82) is 0 Å². The summed E-state index contributed by atoms with van der Waals surface area (Å²) in [4.78, 5) is 12.0. The van der Waals surface area contributed by atoms with Crippen LogP contribution in [0, 0.1) is 5.92 Å². The Morgan fingerprint density at radius 3 is 2.00 bits per heavy atom. The largest absolute Gasteiger partial charge is 0.464 e. The Morgan fingerprint density at radius 2 is 1.57 bits per heavy atom. The molecule has 1 aliphatic rings. The van der Waals surface area contributed by atoms with Crippen LogP contribution in [0.5, 0.6) is 0 Å². The van der Waals surface area contributed by atoms with Crippen LogP contribution >= 0.6 is 0 Å². The molecule has 0 radical (unpaired) electrons. The number of carbonyl (C=O) groups is 1. The Kier molecular flexibility index (Phi) is 5.78. The number of rotatable bonds is 7. The Bertz CT molecular complexity index is 764. The highest BCUT2D eigenvalue weighted by atomic mass is 28.4. The van der Waals surface area contributed by atoms with E-state index in [9.17, 15) is 9.18 Å². The zero-order valence-electron chi connectivity index (χ0n) is 17.1. The van der Waals surface area contributed by atoms with Gasteiger partial charge in [-0.3, -0.25) is 0 Å². The van der Waals surface area contributed by atoms with Gasteiger partial charge in [0.25, 0.3) is 8.32 Å². The lowest BCUT2D eigenvalue weighted by Crippen LogP contribution is -2.66. The Morgan fingerprint density at radius 1 is 1.07 bits per heavy atom. The molecule has 0 aromatic heterocycles. The number of benzene rings is 2. The highest BCUT2D eigenvalue weighted by Gasteiger charge is 2.64. The van der Waals surface area contributed by atoms with Gasteiger partial charge in [-0.1, -0.05) is 81.4 Å². The fourth-order valence-corrected chi connectivity index (χ4v) is 8.59. The lowest BCUT2D eigenvalue weighted by Gasteiger charge is -2.43. The third kappa shape index (κ3) is 3.65. The van der Waals surface area contributed by atoms with Crippen LogP contribution in [0.1, 0.15) is 34.1 Å². The third-order valence-corrected chi connectivity index (χ3v) is 10.6. The van der Waals surface area contributed by atoms with Crippen LogP contribution in [0.3, 0.4) is 0 Å². The van der Waals surface area contributed by atoms with Crippen LogP contribution < -0.4 is 10.4 Å². The van der Waals surface area contributed by atoms with Crippen LogP contribution in [0.25, 0.3) is 0 Å². The maximum absolute atomic E-state index is 14.9. The Balaban J connectivity index is 1.95. The van der Waals surface area contributed by atoms with E-state index < -0.39 is 25.9 Å². The second-order valence-corrected chi connectivity index (χ2v) is 12.8. The number of hydrogen-bond donors (Lipinski definition) is 0. The molecule has 0 aliphatic heterocycles. The molecule has 2 aromatic carbocycles. The topological polar surface area (TPSA) is 35.5 Å². The van der Waals surface area contributed by atoms with E-state index >= 15 is 0 Å². The van der Waals surface area contributed by atoms with Gasteiger partial charge in [-0.15, -0.1) is 0 Å². The lowest BCUT2D eigenvalue weighted by atomic mass is 10.2. The minimum absolute atomic E-state index is 0.171. The van der Waals surface area contributed by atoms with E-state index in [0.29, 0.717) is 0 Å². The van der Waals surface area contributed by atoms with E-state index in [1.807, 2.05) is 36.4 Å². The molecule has 150 valence electrons. The van der Waals surface area contributed by atoms with Crippen LogP contribution in [-0.4, -0.2) is 33.2 Å². The van der Waals surface area contributed by atoms with E-state index in [1.165, 1.54) is 0 Å². The zero-order chi connectivity index (χ0) is 20.4. The summed E-state index contributed by atoms with van der Waals surface area (Å²) in [7, 11) is -2.71. The molecule has 3 nitrogen and oxygen atoms in total. The molecule has 2 aromatic rings. The van der Waals surface area contributed by atoms with Gasteiger partial charge in [-0.05, 0) is 22.3 Å². The van der Waals surface area contributed by atoms with Gasteiger partial charge in [0.1, 0.15) is 0 Å². The van der Waals surface area contributed by atoms with Crippen molar-refractivity contribution in [2.24, 2.45) is 5.92 Å². The van der Waals surface area contributed by atoms with Crippen molar-refractivity contribution in [1.82, 2.24) is 0 Å². The molecular formula is C23H29FO3Si.